The van der Waals surface area contributed by atoms with Gasteiger partial charge in [0.25, 0.3) is 5.91 Å². The number of nitrogens with zero attached hydrogens (tertiary/aromatic N) is 5. The minimum absolute atomic E-state index is 0.0903. The molecule has 17 heteroatoms. The summed E-state index contributed by atoms with van der Waals surface area (Å²) in [5.41, 5.74) is 4.31. The van der Waals surface area contributed by atoms with E-state index in [4.69, 9.17) is 4.74 Å². The number of alkyl halides is 3. The van der Waals surface area contributed by atoms with Crippen LogP contribution in [0.25, 0.3) is 32.7 Å². The molecule has 1 aliphatic heterocycles. The molecule has 1 fully saturated rings. The van der Waals surface area contributed by atoms with E-state index >= 15 is 0 Å². The lowest BCUT2D eigenvalue weighted by Gasteiger charge is -2.34. The zero-order valence-electron chi connectivity index (χ0n) is 32.0. The van der Waals surface area contributed by atoms with Crippen LogP contribution in [0.3, 0.4) is 0 Å². The fourth-order valence-corrected chi connectivity index (χ4v) is 7.28. The Labute approximate surface area is 321 Å². The molecule has 0 bridgehead atoms. The van der Waals surface area contributed by atoms with E-state index in [1.165, 1.54) is 9.58 Å². The van der Waals surface area contributed by atoms with Gasteiger partial charge in [-0.1, -0.05) is 27.7 Å². The Morgan fingerprint density at radius 1 is 1.13 bits per heavy atom. The van der Waals surface area contributed by atoms with E-state index in [2.05, 4.69) is 25.1 Å². The molecule has 0 saturated carbocycles. The van der Waals surface area contributed by atoms with Crippen LogP contribution in [0.2, 0.25) is 0 Å². The Bertz CT molecular complexity index is 2040. The summed E-state index contributed by atoms with van der Waals surface area (Å²) in [6, 6.07) is 6.35. The van der Waals surface area contributed by atoms with Crippen LogP contribution in [0.1, 0.15) is 84.3 Å². The third kappa shape index (κ3) is 10.2. The first-order chi connectivity index (χ1) is 25.7. The summed E-state index contributed by atoms with van der Waals surface area (Å²) in [6.07, 6.45) is -2.93. The molecule has 298 valence electrons. The van der Waals surface area contributed by atoms with E-state index in [0.29, 0.717) is 56.8 Å². The molecule has 5 rings (SSSR count). The summed E-state index contributed by atoms with van der Waals surface area (Å²) in [5.74, 6) is -1.59. The largest absolute Gasteiger partial charge is 0.480 e. The van der Waals surface area contributed by atoms with Crippen LogP contribution in [0.15, 0.2) is 36.5 Å². The number of pyridine rings is 1. The fourth-order valence-electron chi connectivity index (χ4n) is 6.60. The second-order valence-electron chi connectivity index (χ2n) is 15.9. The van der Waals surface area contributed by atoms with Gasteiger partial charge in [-0.25, -0.2) is 15.2 Å². The van der Waals surface area contributed by atoms with Crippen LogP contribution in [0.4, 0.5) is 18.0 Å². The Balaban J connectivity index is 1.58. The van der Waals surface area contributed by atoms with E-state index in [1.54, 1.807) is 57.3 Å². The lowest BCUT2D eigenvalue weighted by atomic mass is 9.84. The number of aliphatic hydroxyl groups is 1. The lowest BCUT2D eigenvalue weighted by molar-refractivity contribution is -0.148. The highest BCUT2D eigenvalue weighted by Gasteiger charge is 2.36. The highest BCUT2D eigenvalue weighted by molar-refractivity contribution is 7.09. The number of hydrogen-bond donors (Lipinski definition) is 4. The first-order valence-corrected chi connectivity index (χ1v) is 18.8. The zero-order chi connectivity index (χ0) is 40.5. The van der Waals surface area contributed by atoms with Crippen LogP contribution in [-0.4, -0.2) is 89.1 Å². The monoisotopic (exact) mass is 787 g/mol. The number of aliphatic carboxylic acids is 1. The molecule has 2 amide bonds. The number of carbonyl (C=O) groups is 3. The zero-order valence-corrected chi connectivity index (χ0v) is 32.8. The molecular weight excluding hydrogens is 740 g/mol. The van der Waals surface area contributed by atoms with Crippen molar-refractivity contribution in [3.05, 3.63) is 53.6 Å². The van der Waals surface area contributed by atoms with Crippen molar-refractivity contribution < 1.29 is 42.5 Å². The molecule has 2 atom stereocenters. The Hall–Kier alpha value is -4.61. The molecular formula is C38H48F3N7O6S. The smallest absolute Gasteiger partial charge is 0.408 e. The topological polar surface area (TPSA) is 172 Å². The Morgan fingerprint density at radius 2 is 1.85 bits per heavy atom. The van der Waals surface area contributed by atoms with Gasteiger partial charge in [-0.3, -0.25) is 19.6 Å². The van der Waals surface area contributed by atoms with Crippen molar-refractivity contribution in [2.45, 2.75) is 110 Å². The molecule has 0 unspecified atom stereocenters. The molecule has 13 nitrogen and oxygen atoms in total. The van der Waals surface area contributed by atoms with Gasteiger partial charge in [-0.15, -0.1) is 0 Å². The number of nitrogens with one attached hydrogen (secondary N) is 2. The summed E-state index contributed by atoms with van der Waals surface area (Å²) in [5, 5.41) is 24.6. The van der Waals surface area contributed by atoms with Gasteiger partial charge in [-0.2, -0.15) is 17.5 Å². The molecule has 3 aromatic heterocycles. The predicted octanol–water partition coefficient (Wildman–Crippen LogP) is 6.48. The minimum atomic E-state index is -4.54. The number of aromatic nitrogens is 4. The molecule has 4 aromatic rings. The number of rotatable bonds is 12. The highest BCUT2D eigenvalue weighted by Crippen LogP contribution is 2.42. The van der Waals surface area contributed by atoms with E-state index < -0.39 is 53.8 Å². The van der Waals surface area contributed by atoms with E-state index in [-0.39, 0.29) is 37.7 Å². The SMILES string of the molecule is CC(C)c1ncccc1-c1c(CC(C)(C)CO)c2cc(-c3nc(C[C@H](NC(=O)OC(C)(C)C)C(=O)N4CCC[C@@H](C(=O)O)N4)ns3)ccc2n1CC(F)(F)F. The normalized spacial score (nSPS) is 16.1. The summed E-state index contributed by atoms with van der Waals surface area (Å²) < 4.78 is 54.0. The Morgan fingerprint density at radius 3 is 2.49 bits per heavy atom. The number of benzene rings is 1. The van der Waals surface area contributed by atoms with Crippen molar-refractivity contribution in [2.75, 3.05) is 13.2 Å². The summed E-state index contributed by atoms with van der Waals surface area (Å²) in [6.45, 7) is 11.4. The molecule has 0 aliphatic carbocycles. The number of hydrazine groups is 1. The third-order valence-corrected chi connectivity index (χ3v) is 9.87. The standard InChI is InChI=1S/C38H48F3N7O6S/c1-21(2)30-23(10-8-14-42-30)31-25(18-37(6,7)20-49)24-16-22(12-13-28(24)47(31)19-38(39,40)41)32-44-29(46-55-32)17-27(43-35(53)54-36(3,4)5)33(50)48-15-9-11-26(45-48)34(51)52/h8,10,12-14,16,21,26-27,45,49H,9,11,15,17-20H2,1-7H3,(H,43,53)(H,51,52)/t26-,27-/m0/s1. The molecule has 1 saturated heterocycles. The fraction of sp³-hybridized carbons (Fsp3) is 0.526. The molecule has 0 spiro atoms. The second-order valence-corrected chi connectivity index (χ2v) is 16.7. The van der Waals surface area contributed by atoms with E-state index in [9.17, 15) is 37.8 Å². The first-order valence-electron chi connectivity index (χ1n) is 18.1. The minimum Gasteiger partial charge on any atom is -0.480 e. The van der Waals surface area contributed by atoms with Crippen molar-refractivity contribution in [1.29, 1.82) is 0 Å². The van der Waals surface area contributed by atoms with Gasteiger partial charge < -0.3 is 24.8 Å². The summed E-state index contributed by atoms with van der Waals surface area (Å²) in [7, 11) is 0. The molecule has 1 aromatic carbocycles. The van der Waals surface area contributed by atoms with Gasteiger partial charge in [0.1, 0.15) is 35.1 Å². The van der Waals surface area contributed by atoms with E-state index in [1.807, 2.05) is 27.7 Å². The van der Waals surface area contributed by atoms with Gasteiger partial charge in [0.05, 0.1) is 11.4 Å². The number of aliphatic hydroxyl groups excluding tert-OH is 1. The maximum Gasteiger partial charge on any atom is 0.408 e. The van der Waals surface area contributed by atoms with Gasteiger partial charge in [0.15, 0.2) is 0 Å². The van der Waals surface area contributed by atoms with Crippen LogP contribution < -0.4 is 10.7 Å². The number of fused-ring (bicyclic) bond motifs is 1. The van der Waals surface area contributed by atoms with Crippen molar-refractivity contribution >= 4 is 40.4 Å². The first kappa shape index (κ1) is 41.6. The van der Waals surface area contributed by atoms with Gasteiger partial charge >= 0.3 is 18.2 Å². The number of amides is 2. The number of carboxylic acids is 1. The molecule has 1 aliphatic rings. The van der Waals surface area contributed by atoms with Gasteiger partial charge in [-0.05, 0) is 98.8 Å². The molecule has 55 heavy (non-hydrogen) atoms. The van der Waals surface area contributed by atoms with Crippen LogP contribution in [0, 0.1) is 5.41 Å². The predicted molar refractivity (Wildman–Crippen MR) is 201 cm³/mol. The maximum absolute atomic E-state index is 14.3. The van der Waals surface area contributed by atoms with Crippen molar-refractivity contribution in [3.8, 4) is 21.8 Å². The summed E-state index contributed by atoms with van der Waals surface area (Å²) >= 11 is 1.02. The number of ether oxygens (including phenoxy) is 1. The van der Waals surface area contributed by atoms with Crippen molar-refractivity contribution in [3.63, 3.8) is 0 Å². The Kier molecular flexibility index (Phi) is 12.3. The maximum atomic E-state index is 14.3. The number of halogens is 3. The number of alkyl carbamates (subject to hydrolysis) is 1. The van der Waals surface area contributed by atoms with E-state index in [0.717, 1.165) is 11.5 Å². The van der Waals surface area contributed by atoms with Crippen LogP contribution in [-0.2, 0) is 33.7 Å². The third-order valence-electron chi connectivity index (χ3n) is 9.07. The average molecular weight is 788 g/mol. The van der Waals surface area contributed by atoms with Crippen LogP contribution >= 0.6 is 11.5 Å². The van der Waals surface area contributed by atoms with Crippen molar-refractivity contribution in [1.82, 2.24) is 34.7 Å². The molecule has 0 radical (unpaired) electrons. The van der Waals surface area contributed by atoms with Crippen molar-refractivity contribution in [2.24, 2.45) is 5.41 Å². The van der Waals surface area contributed by atoms with Gasteiger partial charge in [0.2, 0.25) is 0 Å². The lowest BCUT2D eigenvalue weighted by Crippen LogP contribution is -2.60. The molecule has 4 N–H and O–H groups in total. The summed E-state index contributed by atoms with van der Waals surface area (Å²) in [4.78, 5) is 47.5. The number of hydrogen-bond acceptors (Lipinski definition) is 10. The second kappa shape index (κ2) is 16.2. The highest BCUT2D eigenvalue weighted by atomic mass is 32.1. The number of carboxylic acid groups (broad SMARTS) is 1. The average Bonchev–Trinajstić information content (AvgIpc) is 3.68. The van der Waals surface area contributed by atoms with Crippen LogP contribution in [0.5, 0.6) is 0 Å². The van der Waals surface area contributed by atoms with Gasteiger partial charge in [0, 0.05) is 47.8 Å². The number of carbonyl (C=O) groups excluding carboxylic acids is 2. The molecule has 4 heterocycles. The quantitative estimate of drug-likeness (QED) is 0.125.